The zero-order valence-electron chi connectivity index (χ0n) is 18.7. The van der Waals surface area contributed by atoms with Crippen molar-refractivity contribution in [2.75, 3.05) is 26.0 Å². The number of rotatable bonds is 5. The summed E-state index contributed by atoms with van der Waals surface area (Å²) in [7, 11) is 2.67. The first-order chi connectivity index (χ1) is 16.6. The lowest BCUT2D eigenvalue weighted by molar-refractivity contribution is 0.00902. The number of carbonyl (C=O) groups is 3. The van der Waals surface area contributed by atoms with Gasteiger partial charge in [0.25, 0.3) is 11.8 Å². The topological polar surface area (TPSA) is 96.8 Å². The van der Waals surface area contributed by atoms with Gasteiger partial charge in [-0.2, -0.15) is 0 Å². The molecule has 3 rings (SSSR count). The molecule has 0 radical (unpaired) electrons. The molecule has 0 saturated carbocycles. The predicted molar refractivity (Wildman–Crippen MR) is 143 cm³/mol. The summed E-state index contributed by atoms with van der Waals surface area (Å²) < 4.78 is 7.97. The maximum atomic E-state index is 13.4. The molecule has 0 unspecified atom stereocenters. The number of nitrogens with zero attached hydrogens (tertiary/aromatic N) is 4. The highest BCUT2D eigenvalue weighted by Crippen LogP contribution is 2.33. The molecule has 13 heteroatoms. The molecule has 2 aromatic heterocycles. The first-order valence-electron chi connectivity index (χ1n) is 10.0. The second-order valence-corrected chi connectivity index (χ2v) is 10.1. The monoisotopic (exact) mass is 689 g/mol. The summed E-state index contributed by atoms with van der Waals surface area (Å²) in [6, 6.07) is 8.20. The Balaban J connectivity index is 2.03. The first-order valence-corrected chi connectivity index (χ1v) is 12.8. The van der Waals surface area contributed by atoms with Crippen LogP contribution in [0.5, 0.6) is 0 Å². The third kappa shape index (κ3) is 5.88. The lowest BCUT2D eigenvalue weighted by atomic mass is 10.1. The lowest BCUT2D eigenvalue weighted by Gasteiger charge is -2.30. The first kappa shape index (κ1) is 27.2. The Morgan fingerprint density at radius 1 is 1.17 bits per heavy atom. The van der Waals surface area contributed by atoms with E-state index < -0.39 is 17.9 Å². The van der Waals surface area contributed by atoms with Crippen LogP contribution in [-0.2, 0) is 4.74 Å². The lowest BCUT2D eigenvalue weighted by Crippen LogP contribution is -2.47. The predicted octanol–water partition coefficient (Wildman–Crippen LogP) is 6.14. The van der Waals surface area contributed by atoms with E-state index in [9.17, 15) is 14.4 Å². The number of pyridine rings is 1. The van der Waals surface area contributed by atoms with Crippen LogP contribution in [0.2, 0.25) is 5.02 Å². The Morgan fingerprint density at radius 3 is 2.51 bits per heavy atom. The molecule has 0 aliphatic heterocycles. The fourth-order valence-corrected chi connectivity index (χ4v) is 5.19. The molecule has 0 aliphatic carbocycles. The van der Waals surface area contributed by atoms with Gasteiger partial charge in [0.15, 0.2) is 5.82 Å². The fraction of sp³-hybridized carbons (Fsp3) is 0.182. The third-order valence-electron chi connectivity index (χ3n) is 4.85. The van der Waals surface area contributed by atoms with Crippen molar-refractivity contribution in [2.45, 2.75) is 6.92 Å². The van der Waals surface area contributed by atoms with Gasteiger partial charge in [-0.15, -0.1) is 0 Å². The molecule has 184 valence electrons. The van der Waals surface area contributed by atoms with E-state index in [4.69, 9.17) is 16.3 Å². The summed E-state index contributed by atoms with van der Waals surface area (Å²) in [6.45, 7) is 1.90. The average Bonchev–Trinajstić information content (AvgIpc) is 3.21. The SMILES string of the molecule is CCN(C(=O)OC)N(C)C(=O)c1cc(Br)cc(Br)c1NC(=O)c1cc(Br)cn1-c1ncccc1Cl. The van der Waals surface area contributed by atoms with E-state index in [-0.39, 0.29) is 23.5 Å². The fourth-order valence-electron chi connectivity index (χ4n) is 3.24. The summed E-state index contributed by atoms with van der Waals surface area (Å²) >= 11 is 16.5. The molecule has 0 aliphatic rings. The van der Waals surface area contributed by atoms with Crippen LogP contribution in [0.3, 0.4) is 0 Å². The second kappa shape index (κ2) is 11.5. The number of halogens is 4. The van der Waals surface area contributed by atoms with Crippen molar-refractivity contribution < 1.29 is 19.1 Å². The Labute approximate surface area is 231 Å². The molecular formula is C22H19Br3ClN5O4. The number of hydrazine groups is 1. The number of nitrogens with one attached hydrogen (secondary N) is 1. The van der Waals surface area contributed by atoms with Crippen LogP contribution in [-0.4, -0.2) is 58.2 Å². The third-order valence-corrected chi connectivity index (χ3v) is 6.66. The molecule has 35 heavy (non-hydrogen) atoms. The number of amides is 3. The Morgan fingerprint density at radius 2 is 1.89 bits per heavy atom. The van der Waals surface area contributed by atoms with Crippen molar-refractivity contribution in [3.05, 3.63) is 72.4 Å². The standard InChI is InChI=1S/C22H19Br3ClN5O4/c1-4-31(22(34)35-3)29(2)21(33)14-8-12(23)9-15(25)18(14)28-20(32)17-10-13(24)11-30(17)19-16(26)6-5-7-27-19/h5-11H,4H2,1-3H3,(H,28,32). The summed E-state index contributed by atoms with van der Waals surface area (Å²) in [4.78, 5) is 43.2. The van der Waals surface area contributed by atoms with Crippen LogP contribution in [0.15, 0.2) is 56.1 Å². The van der Waals surface area contributed by atoms with Gasteiger partial charge < -0.3 is 10.1 Å². The van der Waals surface area contributed by atoms with E-state index in [0.29, 0.717) is 24.3 Å². The molecule has 3 aromatic rings. The zero-order chi connectivity index (χ0) is 25.9. The van der Waals surface area contributed by atoms with Crippen LogP contribution in [0.4, 0.5) is 10.5 Å². The van der Waals surface area contributed by atoms with Gasteiger partial charge in [0.1, 0.15) is 5.69 Å². The Hall–Kier alpha value is -2.41. The number of methoxy groups -OCH3 is 1. The second-order valence-electron chi connectivity index (χ2n) is 7.00. The maximum Gasteiger partial charge on any atom is 0.428 e. The van der Waals surface area contributed by atoms with Gasteiger partial charge in [-0.1, -0.05) is 27.5 Å². The summed E-state index contributed by atoms with van der Waals surface area (Å²) in [5.74, 6) is -0.691. The van der Waals surface area contributed by atoms with Crippen molar-refractivity contribution in [2.24, 2.45) is 0 Å². The summed E-state index contributed by atoms with van der Waals surface area (Å²) in [5.41, 5.74) is 0.577. The number of hydrogen-bond acceptors (Lipinski definition) is 5. The largest absolute Gasteiger partial charge is 0.452 e. The highest BCUT2D eigenvalue weighted by molar-refractivity contribution is 9.11. The molecule has 0 bridgehead atoms. The van der Waals surface area contributed by atoms with Crippen LogP contribution in [0.25, 0.3) is 5.82 Å². The molecule has 0 saturated heterocycles. The number of anilines is 1. The maximum absolute atomic E-state index is 13.4. The smallest absolute Gasteiger partial charge is 0.428 e. The van der Waals surface area contributed by atoms with Crippen LogP contribution >= 0.6 is 59.4 Å². The molecule has 1 N–H and O–H groups in total. The Kier molecular flexibility index (Phi) is 8.97. The number of hydrogen-bond donors (Lipinski definition) is 1. The quantitative estimate of drug-likeness (QED) is 0.324. The van der Waals surface area contributed by atoms with E-state index in [1.165, 1.54) is 18.7 Å². The number of aromatic nitrogens is 2. The molecule has 3 amide bonds. The minimum atomic E-state index is -0.696. The van der Waals surface area contributed by atoms with Gasteiger partial charge >= 0.3 is 6.09 Å². The normalized spacial score (nSPS) is 10.6. The van der Waals surface area contributed by atoms with Gasteiger partial charge in [0, 0.05) is 39.4 Å². The van der Waals surface area contributed by atoms with Crippen molar-refractivity contribution in [1.29, 1.82) is 0 Å². The summed E-state index contributed by atoms with van der Waals surface area (Å²) in [5, 5.41) is 5.42. The molecule has 1 aromatic carbocycles. The minimum Gasteiger partial charge on any atom is -0.452 e. The van der Waals surface area contributed by atoms with E-state index in [0.717, 1.165) is 10.0 Å². The molecule has 0 spiro atoms. The van der Waals surface area contributed by atoms with Gasteiger partial charge in [-0.05, 0) is 69.1 Å². The highest BCUT2D eigenvalue weighted by Gasteiger charge is 2.27. The van der Waals surface area contributed by atoms with Crippen molar-refractivity contribution in [3.63, 3.8) is 0 Å². The molecule has 2 heterocycles. The van der Waals surface area contributed by atoms with Crippen LogP contribution in [0, 0.1) is 0 Å². The van der Waals surface area contributed by atoms with E-state index in [2.05, 4.69) is 58.1 Å². The average molecular weight is 693 g/mol. The minimum absolute atomic E-state index is 0.137. The van der Waals surface area contributed by atoms with Gasteiger partial charge in [0.05, 0.1) is 23.4 Å². The highest BCUT2D eigenvalue weighted by atomic mass is 79.9. The van der Waals surface area contributed by atoms with Crippen LogP contribution in [0.1, 0.15) is 27.8 Å². The molecule has 0 fully saturated rings. The molecule has 0 atom stereocenters. The van der Waals surface area contributed by atoms with E-state index in [1.54, 1.807) is 49.6 Å². The van der Waals surface area contributed by atoms with E-state index >= 15 is 0 Å². The number of ether oxygens (including phenoxy) is 1. The van der Waals surface area contributed by atoms with Gasteiger partial charge in [-0.25, -0.2) is 19.8 Å². The number of carbonyl (C=O) groups excluding carboxylic acids is 3. The molecular weight excluding hydrogens is 673 g/mol. The van der Waals surface area contributed by atoms with E-state index in [1.807, 2.05) is 0 Å². The van der Waals surface area contributed by atoms with Crippen molar-refractivity contribution >= 4 is 83.0 Å². The summed E-state index contributed by atoms with van der Waals surface area (Å²) in [6.07, 6.45) is 2.53. The van der Waals surface area contributed by atoms with Crippen LogP contribution < -0.4 is 5.32 Å². The number of benzene rings is 1. The zero-order valence-corrected chi connectivity index (χ0v) is 24.2. The van der Waals surface area contributed by atoms with Crippen molar-refractivity contribution in [3.8, 4) is 5.82 Å². The molecule has 9 nitrogen and oxygen atoms in total. The van der Waals surface area contributed by atoms with Crippen molar-refractivity contribution in [1.82, 2.24) is 19.6 Å². The van der Waals surface area contributed by atoms with Gasteiger partial charge in [0.2, 0.25) is 0 Å². The van der Waals surface area contributed by atoms with Gasteiger partial charge in [-0.3, -0.25) is 14.2 Å². The Bertz CT molecular complexity index is 1300.